The van der Waals surface area contributed by atoms with Crippen LogP contribution >= 0.6 is 0 Å². The molecule has 0 aliphatic rings. The van der Waals surface area contributed by atoms with Crippen LogP contribution in [0.3, 0.4) is 0 Å². The van der Waals surface area contributed by atoms with Gasteiger partial charge in [0.2, 0.25) is 0 Å². The first-order chi connectivity index (χ1) is 6.72. The van der Waals surface area contributed by atoms with E-state index in [9.17, 15) is 9.90 Å². The number of fused-ring (bicyclic) bond motifs is 1. The van der Waals surface area contributed by atoms with Gasteiger partial charge in [-0.3, -0.25) is 4.79 Å². The molecule has 0 aliphatic carbocycles. The second-order valence-corrected chi connectivity index (χ2v) is 3.22. The summed E-state index contributed by atoms with van der Waals surface area (Å²) >= 11 is 0. The summed E-state index contributed by atoms with van der Waals surface area (Å²) < 4.78 is 0. The molecule has 2 N–H and O–H groups in total. The van der Waals surface area contributed by atoms with E-state index in [1.807, 2.05) is 19.1 Å². The molecule has 3 nitrogen and oxygen atoms in total. The molecule has 1 aromatic heterocycles. The molecule has 3 heteroatoms. The Hall–Kier alpha value is -1.77. The standard InChI is InChI=1S/C11H11NO2/c1-2-7-6-8-4-3-5-9(13)10(8)12-11(7)14/h3-6,13H,2H2,1H3,(H,12,14). The van der Waals surface area contributed by atoms with Crippen LogP contribution < -0.4 is 5.56 Å². The van der Waals surface area contributed by atoms with Crippen molar-refractivity contribution in [1.29, 1.82) is 0 Å². The number of benzene rings is 1. The van der Waals surface area contributed by atoms with Crippen molar-refractivity contribution in [2.75, 3.05) is 0 Å². The van der Waals surface area contributed by atoms with Crippen molar-refractivity contribution in [3.63, 3.8) is 0 Å². The van der Waals surface area contributed by atoms with Crippen molar-refractivity contribution < 1.29 is 5.11 Å². The fraction of sp³-hybridized carbons (Fsp3) is 0.182. The molecule has 1 heterocycles. The maximum absolute atomic E-state index is 11.4. The summed E-state index contributed by atoms with van der Waals surface area (Å²) in [5, 5.41) is 10.4. The van der Waals surface area contributed by atoms with Gasteiger partial charge in [0.15, 0.2) is 0 Å². The topological polar surface area (TPSA) is 53.1 Å². The number of phenolic OH excluding ortho intramolecular Hbond substituents is 1. The minimum atomic E-state index is -0.124. The summed E-state index contributed by atoms with van der Waals surface area (Å²) in [7, 11) is 0. The van der Waals surface area contributed by atoms with Crippen LogP contribution in [0.2, 0.25) is 0 Å². The number of phenols is 1. The van der Waals surface area contributed by atoms with Crippen LogP contribution in [0.15, 0.2) is 29.1 Å². The molecule has 14 heavy (non-hydrogen) atoms. The number of H-pyrrole nitrogens is 1. The van der Waals surface area contributed by atoms with Gasteiger partial charge in [0.05, 0.1) is 5.52 Å². The monoisotopic (exact) mass is 189 g/mol. The number of aromatic hydroxyl groups is 1. The number of hydrogen-bond donors (Lipinski definition) is 2. The Kier molecular flexibility index (Phi) is 2.00. The van der Waals surface area contributed by atoms with Crippen LogP contribution in [0.25, 0.3) is 10.9 Å². The lowest BCUT2D eigenvalue weighted by Gasteiger charge is -2.02. The van der Waals surface area contributed by atoms with E-state index in [1.54, 1.807) is 12.1 Å². The molecule has 0 aliphatic heterocycles. The van der Waals surface area contributed by atoms with Gasteiger partial charge in [-0.2, -0.15) is 0 Å². The van der Waals surface area contributed by atoms with Crippen molar-refractivity contribution in [2.45, 2.75) is 13.3 Å². The number of aryl methyl sites for hydroxylation is 1. The number of hydrogen-bond acceptors (Lipinski definition) is 2. The molecular weight excluding hydrogens is 178 g/mol. The smallest absolute Gasteiger partial charge is 0.251 e. The van der Waals surface area contributed by atoms with Crippen molar-refractivity contribution >= 4 is 10.9 Å². The van der Waals surface area contributed by atoms with E-state index in [2.05, 4.69) is 4.98 Å². The Labute approximate surface area is 81.0 Å². The third-order valence-corrected chi connectivity index (χ3v) is 2.32. The van der Waals surface area contributed by atoms with Crippen molar-refractivity contribution in [2.24, 2.45) is 0 Å². The molecular formula is C11H11NO2. The lowest BCUT2D eigenvalue weighted by molar-refractivity contribution is 0.480. The zero-order valence-corrected chi connectivity index (χ0v) is 7.87. The van der Waals surface area contributed by atoms with Gasteiger partial charge in [-0.15, -0.1) is 0 Å². The fourth-order valence-electron chi connectivity index (χ4n) is 1.52. The van der Waals surface area contributed by atoms with Gasteiger partial charge in [0.25, 0.3) is 5.56 Å². The Morgan fingerprint density at radius 3 is 2.93 bits per heavy atom. The van der Waals surface area contributed by atoms with Gasteiger partial charge in [-0.1, -0.05) is 19.1 Å². The van der Waals surface area contributed by atoms with Gasteiger partial charge in [0.1, 0.15) is 5.75 Å². The first kappa shape index (κ1) is 8.81. The molecule has 0 atom stereocenters. The number of aromatic nitrogens is 1. The summed E-state index contributed by atoms with van der Waals surface area (Å²) in [6, 6.07) is 7.00. The third-order valence-electron chi connectivity index (χ3n) is 2.32. The highest BCUT2D eigenvalue weighted by Crippen LogP contribution is 2.20. The number of nitrogens with one attached hydrogen (secondary N) is 1. The molecule has 2 rings (SSSR count). The second kappa shape index (κ2) is 3.18. The quantitative estimate of drug-likeness (QED) is 0.718. The lowest BCUT2D eigenvalue weighted by atomic mass is 10.1. The highest BCUT2D eigenvalue weighted by Gasteiger charge is 2.03. The predicted octanol–water partition coefficient (Wildman–Crippen LogP) is 1.80. The van der Waals surface area contributed by atoms with E-state index in [0.29, 0.717) is 11.9 Å². The molecule has 0 spiro atoms. The number of aromatic amines is 1. The van der Waals surface area contributed by atoms with Crippen LogP contribution in [0.1, 0.15) is 12.5 Å². The summed E-state index contributed by atoms with van der Waals surface area (Å²) in [5.74, 6) is 0.113. The Morgan fingerprint density at radius 1 is 1.43 bits per heavy atom. The summed E-state index contributed by atoms with van der Waals surface area (Å²) in [6.45, 7) is 1.93. The summed E-state index contributed by atoms with van der Waals surface area (Å²) in [4.78, 5) is 14.1. The van der Waals surface area contributed by atoms with Crippen molar-refractivity contribution in [3.8, 4) is 5.75 Å². The largest absolute Gasteiger partial charge is 0.506 e. The first-order valence-electron chi connectivity index (χ1n) is 4.56. The highest BCUT2D eigenvalue weighted by atomic mass is 16.3. The summed E-state index contributed by atoms with van der Waals surface area (Å²) in [6.07, 6.45) is 0.695. The molecule has 0 amide bonds. The molecule has 0 bridgehead atoms. The molecule has 0 saturated carbocycles. The molecule has 2 aromatic rings. The first-order valence-corrected chi connectivity index (χ1v) is 4.56. The highest BCUT2D eigenvalue weighted by molar-refractivity contribution is 5.84. The zero-order chi connectivity index (χ0) is 10.1. The van der Waals surface area contributed by atoms with Crippen LogP contribution in [0.4, 0.5) is 0 Å². The number of para-hydroxylation sites is 1. The Bertz CT molecular complexity index is 528. The average molecular weight is 189 g/mol. The van der Waals surface area contributed by atoms with E-state index in [0.717, 1.165) is 10.9 Å². The Morgan fingerprint density at radius 2 is 2.21 bits per heavy atom. The normalized spacial score (nSPS) is 10.6. The Balaban J connectivity index is 2.86. The van der Waals surface area contributed by atoms with E-state index in [-0.39, 0.29) is 11.3 Å². The van der Waals surface area contributed by atoms with Crippen LogP contribution in [0, 0.1) is 0 Å². The van der Waals surface area contributed by atoms with E-state index >= 15 is 0 Å². The van der Waals surface area contributed by atoms with E-state index in [4.69, 9.17) is 0 Å². The van der Waals surface area contributed by atoms with Crippen LogP contribution in [-0.4, -0.2) is 10.1 Å². The SMILES string of the molecule is CCc1cc2cccc(O)c2[nH]c1=O. The van der Waals surface area contributed by atoms with Gasteiger partial charge >= 0.3 is 0 Å². The van der Waals surface area contributed by atoms with Crippen molar-refractivity contribution in [1.82, 2.24) is 4.98 Å². The van der Waals surface area contributed by atoms with Gasteiger partial charge in [0, 0.05) is 10.9 Å². The van der Waals surface area contributed by atoms with Crippen LogP contribution in [-0.2, 0) is 6.42 Å². The van der Waals surface area contributed by atoms with Gasteiger partial charge < -0.3 is 10.1 Å². The third kappa shape index (κ3) is 1.27. The van der Waals surface area contributed by atoms with E-state index in [1.165, 1.54) is 0 Å². The van der Waals surface area contributed by atoms with Gasteiger partial charge in [-0.25, -0.2) is 0 Å². The molecule has 1 aromatic carbocycles. The molecule has 0 fully saturated rings. The predicted molar refractivity (Wildman–Crippen MR) is 55.6 cm³/mol. The van der Waals surface area contributed by atoms with Gasteiger partial charge in [-0.05, 0) is 18.6 Å². The zero-order valence-electron chi connectivity index (χ0n) is 7.87. The maximum atomic E-state index is 11.4. The van der Waals surface area contributed by atoms with Crippen molar-refractivity contribution in [3.05, 3.63) is 40.2 Å². The number of rotatable bonds is 1. The van der Waals surface area contributed by atoms with Crippen LogP contribution in [0.5, 0.6) is 5.75 Å². The maximum Gasteiger partial charge on any atom is 0.251 e. The fourth-order valence-corrected chi connectivity index (χ4v) is 1.52. The second-order valence-electron chi connectivity index (χ2n) is 3.22. The minimum absolute atomic E-state index is 0.113. The molecule has 0 radical (unpaired) electrons. The average Bonchev–Trinajstić information content (AvgIpc) is 2.19. The number of pyridine rings is 1. The lowest BCUT2D eigenvalue weighted by Crippen LogP contribution is -2.11. The summed E-state index contributed by atoms with van der Waals surface area (Å²) in [5.41, 5.74) is 1.12. The van der Waals surface area contributed by atoms with E-state index < -0.39 is 0 Å². The molecule has 0 unspecified atom stereocenters. The minimum Gasteiger partial charge on any atom is -0.506 e. The molecule has 0 saturated heterocycles. The molecule has 72 valence electrons.